The Bertz CT molecular complexity index is 1490. The molecular weight excluding hydrogens is 540 g/mol. The third kappa shape index (κ3) is 7.83. The van der Waals surface area contributed by atoms with Gasteiger partial charge in [-0.1, -0.05) is 77.6 Å². The topological polar surface area (TPSA) is 104 Å². The fourth-order valence-corrected chi connectivity index (χ4v) is 5.10. The molecule has 0 spiro atoms. The lowest BCUT2D eigenvalue weighted by atomic mass is 9.79. The van der Waals surface area contributed by atoms with Gasteiger partial charge in [0.25, 0.3) is 11.8 Å². The van der Waals surface area contributed by atoms with Crippen molar-refractivity contribution in [2.24, 2.45) is 11.8 Å². The van der Waals surface area contributed by atoms with E-state index in [0.717, 1.165) is 10.9 Å². The summed E-state index contributed by atoms with van der Waals surface area (Å²) in [5.41, 5.74) is 1.79. The number of carbonyl (C=O) groups is 3. The van der Waals surface area contributed by atoms with E-state index >= 15 is 0 Å². The van der Waals surface area contributed by atoms with Crippen molar-refractivity contribution in [3.63, 3.8) is 0 Å². The minimum atomic E-state index is -0.743. The zero-order valence-corrected chi connectivity index (χ0v) is 24.9. The Balaban J connectivity index is 0.00000199. The highest BCUT2D eigenvalue weighted by molar-refractivity contribution is 6.00. The fraction of sp³-hybridized carbons (Fsp3) is 0.343. The largest absolute Gasteiger partial charge is 0.457 e. The SMILES string of the molecule is C.CC.CC(C)C1CN(C(=O)c2cccc(Oc3ccccc3)c2)[C@@H]1CNC(=O)[C@H](C)NC(=O)c1cc2ccccc2[nH]1.[HH].[HH]. The summed E-state index contributed by atoms with van der Waals surface area (Å²) in [6.45, 7) is 10.8. The average Bonchev–Trinajstić information content (AvgIpc) is 3.43. The van der Waals surface area contributed by atoms with Crippen LogP contribution in [-0.4, -0.2) is 52.8 Å². The van der Waals surface area contributed by atoms with Gasteiger partial charge in [0.1, 0.15) is 23.2 Å². The van der Waals surface area contributed by atoms with Crippen molar-refractivity contribution >= 4 is 28.6 Å². The zero-order valence-electron chi connectivity index (χ0n) is 24.9. The molecule has 0 saturated carbocycles. The lowest BCUT2D eigenvalue weighted by molar-refractivity contribution is -0.123. The minimum Gasteiger partial charge on any atom is -0.457 e. The molecular formula is C35H48N4O4. The monoisotopic (exact) mass is 588 g/mol. The average molecular weight is 589 g/mol. The van der Waals surface area contributed by atoms with Gasteiger partial charge in [0, 0.05) is 38.3 Å². The second-order valence-corrected chi connectivity index (χ2v) is 10.6. The Morgan fingerprint density at radius 3 is 2.30 bits per heavy atom. The van der Waals surface area contributed by atoms with E-state index in [1.54, 1.807) is 36.1 Å². The van der Waals surface area contributed by atoms with Crippen LogP contribution in [0.4, 0.5) is 0 Å². The summed E-state index contributed by atoms with van der Waals surface area (Å²) in [6, 6.07) is 25.1. The molecule has 232 valence electrons. The van der Waals surface area contributed by atoms with Crippen LogP contribution in [0.1, 0.15) is 65.7 Å². The Morgan fingerprint density at radius 1 is 0.930 bits per heavy atom. The molecule has 8 nitrogen and oxygen atoms in total. The maximum Gasteiger partial charge on any atom is 0.268 e. The summed E-state index contributed by atoms with van der Waals surface area (Å²) >= 11 is 0. The number of para-hydroxylation sites is 2. The molecule has 0 aliphatic carbocycles. The minimum absolute atomic E-state index is 0. The number of fused-ring (bicyclic) bond motifs is 1. The summed E-state index contributed by atoms with van der Waals surface area (Å²) in [5.74, 6) is 1.13. The summed E-state index contributed by atoms with van der Waals surface area (Å²) < 4.78 is 5.91. The number of aromatic nitrogens is 1. The molecule has 3 amide bonds. The molecule has 8 heteroatoms. The fourth-order valence-electron chi connectivity index (χ4n) is 5.10. The highest BCUT2D eigenvalue weighted by atomic mass is 16.5. The molecule has 0 radical (unpaired) electrons. The van der Waals surface area contributed by atoms with Crippen LogP contribution in [0, 0.1) is 11.8 Å². The Kier molecular flexibility index (Phi) is 11.5. The van der Waals surface area contributed by atoms with Gasteiger partial charge in [-0.25, -0.2) is 0 Å². The highest BCUT2D eigenvalue weighted by Gasteiger charge is 2.43. The van der Waals surface area contributed by atoms with Crippen molar-refractivity contribution in [3.05, 3.63) is 96.2 Å². The standard InChI is InChI=1S/C32H34N4O4.C2H6.CH4.2H2/c1-20(2)26-19-36(32(39)23-11-9-14-25(16-23)40-24-12-5-4-6-13-24)29(26)18-33-30(37)21(3)34-31(38)28-17-22-10-7-8-15-27(22)35-28;1-2;;;/h4-17,20-21,26,29,35H,18-19H2,1-3H3,(H,33,37)(H,34,38);1-2H3;1H4;2*1H/t21-,26?,29+;;;;/m0..../s1. The number of amides is 3. The maximum absolute atomic E-state index is 13.5. The van der Waals surface area contributed by atoms with E-state index in [-0.39, 0.29) is 40.0 Å². The van der Waals surface area contributed by atoms with Crippen molar-refractivity contribution < 1.29 is 22.0 Å². The number of likely N-dealkylation sites (tertiary alicyclic amines) is 1. The summed E-state index contributed by atoms with van der Waals surface area (Å²) in [4.78, 5) is 44.0. The van der Waals surface area contributed by atoms with Gasteiger partial charge < -0.3 is 25.3 Å². The number of benzene rings is 3. The van der Waals surface area contributed by atoms with Gasteiger partial charge in [0.2, 0.25) is 5.91 Å². The number of hydrogen-bond donors (Lipinski definition) is 3. The van der Waals surface area contributed by atoms with Crippen LogP contribution >= 0.6 is 0 Å². The van der Waals surface area contributed by atoms with E-state index in [1.807, 2.05) is 74.5 Å². The number of carbonyl (C=O) groups excluding carboxylic acids is 3. The van der Waals surface area contributed by atoms with Crippen LogP contribution in [0.25, 0.3) is 10.9 Å². The number of H-pyrrole nitrogens is 1. The molecule has 4 aromatic rings. The lowest BCUT2D eigenvalue weighted by Gasteiger charge is -2.50. The van der Waals surface area contributed by atoms with Gasteiger partial charge >= 0.3 is 0 Å². The summed E-state index contributed by atoms with van der Waals surface area (Å²) in [7, 11) is 0. The third-order valence-corrected chi connectivity index (χ3v) is 7.48. The molecule has 43 heavy (non-hydrogen) atoms. The molecule has 3 N–H and O–H groups in total. The van der Waals surface area contributed by atoms with Crippen molar-refractivity contribution in [2.45, 2.75) is 54.1 Å². The van der Waals surface area contributed by atoms with Gasteiger partial charge in [0.05, 0.1) is 6.04 Å². The molecule has 1 aromatic heterocycles. The normalized spacial score (nSPS) is 16.2. The first kappa shape index (κ1) is 32.9. The second-order valence-electron chi connectivity index (χ2n) is 10.6. The predicted molar refractivity (Wildman–Crippen MR) is 177 cm³/mol. The number of aromatic amines is 1. The van der Waals surface area contributed by atoms with Crippen LogP contribution in [-0.2, 0) is 4.79 Å². The first-order valence-electron chi connectivity index (χ1n) is 14.6. The van der Waals surface area contributed by atoms with Crippen LogP contribution in [0.5, 0.6) is 11.5 Å². The molecule has 3 aromatic carbocycles. The van der Waals surface area contributed by atoms with Crippen molar-refractivity contribution in [2.75, 3.05) is 13.1 Å². The molecule has 2 heterocycles. The summed E-state index contributed by atoms with van der Waals surface area (Å²) in [5, 5.41) is 6.64. The number of hydrogen-bond acceptors (Lipinski definition) is 4. The second kappa shape index (κ2) is 15.0. The highest BCUT2D eigenvalue weighted by Crippen LogP contribution is 2.33. The van der Waals surface area contributed by atoms with Crippen LogP contribution in [0.15, 0.2) is 84.9 Å². The van der Waals surface area contributed by atoms with Crippen LogP contribution in [0.2, 0.25) is 0 Å². The molecule has 1 fully saturated rings. The van der Waals surface area contributed by atoms with Crippen LogP contribution in [0.3, 0.4) is 0 Å². The molecule has 3 atom stereocenters. The molecule has 0 bridgehead atoms. The van der Waals surface area contributed by atoms with E-state index in [1.165, 1.54) is 0 Å². The van der Waals surface area contributed by atoms with Gasteiger partial charge in [0.15, 0.2) is 0 Å². The van der Waals surface area contributed by atoms with E-state index in [4.69, 9.17) is 4.74 Å². The van der Waals surface area contributed by atoms with Crippen molar-refractivity contribution in [3.8, 4) is 11.5 Å². The predicted octanol–water partition coefficient (Wildman–Crippen LogP) is 7.15. The van der Waals surface area contributed by atoms with Crippen molar-refractivity contribution in [1.82, 2.24) is 20.5 Å². The quantitative estimate of drug-likeness (QED) is 0.193. The lowest BCUT2D eigenvalue weighted by Crippen LogP contribution is -2.64. The number of ether oxygens (including phenoxy) is 1. The molecule has 1 aliphatic heterocycles. The maximum atomic E-state index is 13.5. The van der Waals surface area contributed by atoms with Gasteiger partial charge in [-0.2, -0.15) is 0 Å². The third-order valence-electron chi connectivity index (χ3n) is 7.48. The number of nitrogens with zero attached hydrogens (tertiary/aromatic N) is 1. The first-order valence-corrected chi connectivity index (χ1v) is 14.6. The van der Waals surface area contributed by atoms with Gasteiger partial charge in [-0.3, -0.25) is 14.4 Å². The van der Waals surface area contributed by atoms with Crippen molar-refractivity contribution in [1.29, 1.82) is 0 Å². The van der Waals surface area contributed by atoms with Gasteiger partial charge in [-0.15, -0.1) is 0 Å². The molecule has 1 saturated heterocycles. The Labute approximate surface area is 257 Å². The van der Waals surface area contributed by atoms with E-state index in [2.05, 4.69) is 29.5 Å². The van der Waals surface area contributed by atoms with E-state index in [0.29, 0.717) is 41.8 Å². The smallest absolute Gasteiger partial charge is 0.268 e. The van der Waals surface area contributed by atoms with Crippen LogP contribution < -0.4 is 15.4 Å². The number of nitrogens with one attached hydrogen (secondary N) is 3. The summed E-state index contributed by atoms with van der Waals surface area (Å²) in [6.07, 6.45) is 0. The molecule has 1 aliphatic rings. The van der Waals surface area contributed by atoms with Gasteiger partial charge in [-0.05, 0) is 55.3 Å². The first-order chi connectivity index (χ1) is 20.3. The zero-order chi connectivity index (χ0) is 30.2. The Morgan fingerprint density at radius 2 is 1.60 bits per heavy atom. The van der Waals surface area contributed by atoms with E-state index in [9.17, 15) is 14.4 Å². The Hall–Kier alpha value is -4.59. The molecule has 5 rings (SSSR count). The number of rotatable bonds is 9. The van der Waals surface area contributed by atoms with E-state index < -0.39 is 6.04 Å². The molecule has 1 unspecified atom stereocenters.